The van der Waals surface area contributed by atoms with E-state index in [0.29, 0.717) is 0 Å². The Balaban J connectivity index is 1.82. The molecule has 3 aromatic carbocycles. The van der Waals surface area contributed by atoms with E-state index in [-0.39, 0.29) is 23.9 Å². The standard InChI is InChI=1S/C29H31NO/c1-3-13-26-28(25-18-11-6-12-19-25)30-27(24-16-9-5-10-17-24)22(2)29(26,31)21-20-23-14-7-4-8-15-23/h4-12,14-19,22,26-28,30-31H,3,13H2,1-2H3. The monoisotopic (exact) mass is 409 g/mol. The minimum atomic E-state index is -1.11. The highest BCUT2D eigenvalue weighted by molar-refractivity contribution is 5.39. The molecule has 0 aliphatic carbocycles. The smallest absolute Gasteiger partial charge is 0.134 e. The summed E-state index contributed by atoms with van der Waals surface area (Å²) in [4.78, 5) is 0. The average molecular weight is 410 g/mol. The molecule has 5 unspecified atom stereocenters. The van der Waals surface area contributed by atoms with Crippen LogP contribution in [0, 0.1) is 23.7 Å². The number of hydrogen-bond acceptors (Lipinski definition) is 2. The Hall–Kier alpha value is -2.86. The zero-order valence-corrected chi connectivity index (χ0v) is 18.3. The minimum absolute atomic E-state index is 0.00826. The van der Waals surface area contributed by atoms with Crippen molar-refractivity contribution >= 4 is 0 Å². The van der Waals surface area contributed by atoms with Gasteiger partial charge in [-0.25, -0.2) is 0 Å². The predicted octanol–water partition coefficient (Wildman–Crippen LogP) is 5.91. The zero-order chi connectivity index (χ0) is 21.7. The first-order valence-electron chi connectivity index (χ1n) is 11.3. The number of benzene rings is 3. The average Bonchev–Trinajstić information content (AvgIpc) is 2.83. The first kappa shape index (κ1) is 21.4. The van der Waals surface area contributed by atoms with E-state index in [1.807, 2.05) is 42.5 Å². The summed E-state index contributed by atoms with van der Waals surface area (Å²) in [5.41, 5.74) is 2.21. The fourth-order valence-corrected chi connectivity index (χ4v) is 4.93. The van der Waals surface area contributed by atoms with Gasteiger partial charge in [-0.1, -0.05) is 111 Å². The highest BCUT2D eigenvalue weighted by Crippen LogP contribution is 2.48. The molecule has 158 valence electrons. The normalized spacial score (nSPS) is 27.8. The SMILES string of the molecule is CCCC1C(c2ccccc2)NC(c2ccccc2)C(C)C1(O)C#Cc1ccccc1. The fraction of sp³-hybridized carbons (Fsp3) is 0.310. The van der Waals surface area contributed by atoms with Gasteiger partial charge < -0.3 is 10.4 Å². The summed E-state index contributed by atoms with van der Waals surface area (Å²) in [5, 5.41) is 16.1. The molecule has 2 heteroatoms. The first-order valence-corrected chi connectivity index (χ1v) is 11.3. The second kappa shape index (κ2) is 9.52. The molecule has 1 aliphatic rings. The predicted molar refractivity (Wildman–Crippen MR) is 127 cm³/mol. The maximum Gasteiger partial charge on any atom is 0.134 e. The van der Waals surface area contributed by atoms with E-state index in [9.17, 15) is 5.11 Å². The lowest BCUT2D eigenvalue weighted by Crippen LogP contribution is -2.58. The van der Waals surface area contributed by atoms with Gasteiger partial charge in [0.15, 0.2) is 0 Å². The van der Waals surface area contributed by atoms with Gasteiger partial charge in [-0.2, -0.15) is 0 Å². The Morgan fingerprint density at radius 2 is 1.32 bits per heavy atom. The maximum absolute atomic E-state index is 12.2. The van der Waals surface area contributed by atoms with Crippen LogP contribution < -0.4 is 5.32 Å². The Labute approximate surface area is 186 Å². The lowest BCUT2D eigenvalue weighted by Gasteiger charge is -2.51. The van der Waals surface area contributed by atoms with Crippen molar-refractivity contribution in [2.75, 3.05) is 0 Å². The number of rotatable bonds is 4. The van der Waals surface area contributed by atoms with Crippen LogP contribution in [0.1, 0.15) is 55.5 Å². The molecule has 31 heavy (non-hydrogen) atoms. The van der Waals surface area contributed by atoms with Crippen LogP contribution in [-0.2, 0) is 0 Å². The molecule has 2 nitrogen and oxygen atoms in total. The molecule has 0 amide bonds. The summed E-state index contributed by atoms with van der Waals surface area (Å²) in [5.74, 6) is 6.58. The lowest BCUT2D eigenvalue weighted by atomic mass is 9.64. The van der Waals surface area contributed by atoms with Gasteiger partial charge in [0.25, 0.3) is 0 Å². The molecule has 0 aromatic heterocycles. The summed E-state index contributed by atoms with van der Waals surface area (Å²) in [6.45, 7) is 4.31. The molecular formula is C29H31NO. The van der Waals surface area contributed by atoms with Crippen LogP contribution in [0.3, 0.4) is 0 Å². The molecule has 0 saturated carbocycles. The Kier molecular flexibility index (Phi) is 6.56. The Morgan fingerprint density at radius 3 is 1.87 bits per heavy atom. The second-order valence-electron chi connectivity index (χ2n) is 8.57. The summed E-state index contributed by atoms with van der Waals surface area (Å²) in [7, 11) is 0. The zero-order valence-electron chi connectivity index (χ0n) is 18.3. The molecule has 1 fully saturated rings. The molecule has 1 saturated heterocycles. The van der Waals surface area contributed by atoms with E-state index >= 15 is 0 Å². The van der Waals surface area contributed by atoms with Gasteiger partial charge in [-0.3, -0.25) is 0 Å². The van der Waals surface area contributed by atoms with E-state index in [4.69, 9.17) is 0 Å². The van der Waals surface area contributed by atoms with Crippen LogP contribution in [0.15, 0.2) is 91.0 Å². The van der Waals surface area contributed by atoms with Gasteiger partial charge in [0.05, 0.1) is 0 Å². The molecule has 3 aromatic rings. The van der Waals surface area contributed by atoms with Gasteiger partial charge in [0.1, 0.15) is 5.60 Å². The highest BCUT2D eigenvalue weighted by Gasteiger charge is 2.52. The van der Waals surface area contributed by atoms with Gasteiger partial charge in [0, 0.05) is 29.5 Å². The molecule has 0 bridgehead atoms. The molecule has 5 atom stereocenters. The molecule has 4 rings (SSSR count). The molecule has 0 spiro atoms. The van der Waals surface area contributed by atoms with Crippen molar-refractivity contribution in [1.82, 2.24) is 5.32 Å². The summed E-state index contributed by atoms with van der Waals surface area (Å²) in [6.07, 6.45) is 1.89. The molecular weight excluding hydrogens is 378 g/mol. The summed E-state index contributed by atoms with van der Waals surface area (Å²) >= 11 is 0. The molecule has 0 radical (unpaired) electrons. The van der Waals surface area contributed by atoms with Crippen molar-refractivity contribution in [3.8, 4) is 11.8 Å². The molecule has 1 aliphatic heterocycles. The van der Waals surface area contributed by atoms with Crippen molar-refractivity contribution < 1.29 is 5.11 Å². The third-order valence-electron chi connectivity index (χ3n) is 6.62. The van der Waals surface area contributed by atoms with E-state index in [2.05, 4.69) is 79.5 Å². The third-order valence-corrected chi connectivity index (χ3v) is 6.62. The van der Waals surface area contributed by atoms with Crippen molar-refractivity contribution in [2.24, 2.45) is 11.8 Å². The van der Waals surface area contributed by atoms with Crippen LogP contribution in [-0.4, -0.2) is 10.7 Å². The van der Waals surface area contributed by atoms with E-state index in [1.165, 1.54) is 11.1 Å². The van der Waals surface area contributed by atoms with Crippen LogP contribution in [0.2, 0.25) is 0 Å². The first-order chi connectivity index (χ1) is 15.1. The quantitative estimate of drug-likeness (QED) is 0.525. The van der Waals surface area contributed by atoms with Crippen molar-refractivity contribution in [3.63, 3.8) is 0 Å². The maximum atomic E-state index is 12.2. The van der Waals surface area contributed by atoms with Gasteiger partial charge in [-0.05, 0) is 29.7 Å². The van der Waals surface area contributed by atoms with Crippen molar-refractivity contribution in [3.05, 3.63) is 108 Å². The van der Waals surface area contributed by atoms with E-state index < -0.39 is 5.60 Å². The molecule has 2 N–H and O–H groups in total. The topological polar surface area (TPSA) is 32.3 Å². The minimum Gasteiger partial charge on any atom is -0.377 e. The number of aliphatic hydroxyl groups is 1. The Morgan fingerprint density at radius 1 is 0.806 bits per heavy atom. The van der Waals surface area contributed by atoms with E-state index in [0.717, 1.165) is 18.4 Å². The summed E-state index contributed by atoms with van der Waals surface area (Å²) < 4.78 is 0. The van der Waals surface area contributed by atoms with Crippen LogP contribution in [0.5, 0.6) is 0 Å². The third kappa shape index (κ3) is 4.44. The van der Waals surface area contributed by atoms with E-state index in [1.54, 1.807) is 0 Å². The van der Waals surface area contributed by atoms with Crippen molar-refractivity contribution in [2.45, 2.75) is 44.4 Å². The fourth-order valence-electron chi connectivity index (χ4n) is 4.93. The van der Waals surface area contributed by atoms with Crippen LogP contribution >= 0.6 is 0 Å². The highest BCUT2D eigenvalue weighted by atomic mass is 16.3. The number of nitrogens with one attached hydrogen (secondary N) is 1. The second-order valence-corrected chi connectivity index (χ2v) is 8.57. The van der Waals surface area contributed by atoms with Crippen molar-refractivity contribution in [1.29, 1.82) is 0 Å². The molecule has 1 heterocycles. The van der Waals surface area contributed by atoms with Crippen LogP contribution in [0.25, 0.3) is 0 Å². The number of piperidine rings is 1. The largest absolute Gasteiger partial charge is 0.377 e. The van der Waals surface area contributed by atoms with Gasteiger partial charge in [-0.15, -0.1) is 0 Å². The van der Waals surface area contributed by atoms with Crippen LogP contribution in [0.4, 0.5) is 0 Å². The summed E-state index contributed by atoms with van der Waals surface area (Å²) in [6, 6.07) is 30.9. The van der Waals surface area contributed by atoms with Gasteiger partial charge >= 0.3 is 0 Å². The lowest BCUT2D eigenvalue weighted by molar-refractivity contribution is -0.0749. The Bertz CT molecular complexity index is 1020. The van der Waals surface area contributed by atoms with Gasteiger partial charge in [0.2, 0.25) is 0 Å². The number of hydrogen-bond donors (Lipinski definition) is 2.